The normalized spacial score (nSPS) is 14.4. The van der Waals surface area contributed by atoms with Crippen LogP contribution in [0.4, 0.5) is 17.1 Å². The van der Waals surface area contributed by atoms with Crippen LogP contribution in [0.2, 0.25) is 0 Å². The molecule has 0 amide bonds. The Balaban J connectivity index is 1.22. The minimum absolute atomic E-state index is 0.0374. The fourth-order valence-electron chi connectivity index (χ4n) is 8.54. The van der Waals surface area contributed by atoms with Crippen LogP contribution < -0.4 is 4.90 Å². The van der Waals surface area contributed by atoms with Gasteiger partial charge in [-0.3, -0.25) is 0 Å². The van der Waals surface area contributed by atoms with Gasteiger partial charge in [0.05, 0.1) is 0 Å². The molecule has 2 aliphatic carbocycles. The summed E-state index contributed by atoms with van der Waals surface area (Å²) in [6.45, 7) is 9.40. The molecule has 0 fully saturated rings. The highest BCUT2D eigenvalue weighted by molar-refractivity contribution is 5.94. The highest BCUT2D eigenvalue weighted by Crippen LogP contribution is 2.53. The van der Waals surface area contributed by atoms with Gasteiger partial charge in [-0.25, -0.2) is 0 Å². The molecule has 0 radical (unpaired) electrons. The first-order chi connectivity index (χ1) is 23.8. The van der Waals surface area contributed by atoms with E-state index < -0.39 is 0 Å². The Morgan fingerprint density at radius 1 is 0.327 bits per heavy atom. The van der Waals surface area contributed by atoms with Crippen molar-refractivity contribution in [2.45, 2.75) is 38.5 Å². The maximum Gasteiger partial charge on any atom is 0.0468 e. The SMILES string of the molecule is CC1(C)c2ccccc2-c2cc(N(c3ccc(-c4ccccc4)cc3)c3cccc(-c4cccc5c4-c4ccccc4C5(C)C)c3)ccc21. The van der Waals surface area contributed by atoms with E-state index in [-0.39, 0.29) is 10.8 Å². The summed E-state index contributed by atoms with van der Waals surface area (Å²) in [6, 6.07) is 60.5. The summed E-state index contributed by atoms with van der Waals surface area (Å²) in [7, 11) is 0. The molecule has 0 N–H and O–H groups in total. The van der Waals surface area contributed by atoms with Crippen LogP contribution in [-0.4, -0.2) is 0 Å². The predicted molar refractivity (Wildman–Crippen MR) is 207 cm³/mol. The van der Waals surface area contributed by atoms with Gasteiger partial charge in [0.2, 0.25) is 0 Å². The summed E-state index contributed by atoms with van der Waals surface area (Å²) in [4.78, 5) is 2.42. The predicted octanol–water partition coefficient (Wildman–Crippen LogP) is 13.1. The zero-order chi connectivity index (χ0) is 33.3. The Bertz CT molecular complexity index is 2380. The summed E-state index contributed by atoms with van der Waals surface area (Å²) in [6.07, 6.45) is 0. The second-order valence-corrected chi connectivity index (χ2v) is 14.6. The molecule has 0 unspecified atom stereocenters. The molecule has 0 saturated carbocycles. The third kappa shape index (κ3) is 4.53. The minimum atomic E-state index is -0.0411. The Morgan fingerprint density at radius 3 is 1.61 bits per heavy atom. The van der Waals surface area contributed by atoms with Crippen molar-refractivity contribution >= 4 is 17.1 Å². The average Bonchev–Trinajstić information content (AvgIpc) is 3.52. The fourth-order valence-corrected chi connectivity index (χ4v) is 8.54. The first kappa shape index (κ1) is 29.5. The number of fused-ring (bicyclic) bond motifs is 6. The molecule has 0 bridgehead atoms. The van der Waals surface area contributed by atoms with Crippen LogP contribution in [0.25, 0.3) is 44.5 Å². The topological polar surface area (TPSA) is 3.24 Å². The molecule has 0 heterocycles. The number of nitrogens with zero attached hydrogens (tertiary/aromatic N) is 1. The molecule has 0 atom stereocenters. The monoisotopic (exact) mass is 629 g/mol. The molecule has 0 aromatic heterocycles. The van der Waals surface area contributed by atoms with Gasteiger partial charge in [-0.15, -0.1) is 0 Å². The lowest BCUT2D eigenvalue weighted by molar-refractivity contribution is 0.660. The second kappa shape index (κ2) is 10.9. The maximum atomic E-state index is 2.42. The first-order valence-electron chi connectivity index (χ1n) is 17.4. The molecule has 2 aliphatic rings. The second-order valence-electron chi connectivity index (χ2n) is 14.6. The highest BCUT2D eigenvalue weighted by atomic mass is 15.1. The average molecular weight is 630 g/mol. The van der Waals surface area contributed by atoms with E-state index in [1.54, 1.807) is 0 Å². The van der Waals surface area contributed by atoms with Crippen molar-refractivity contribution in [3.63, 3.8) is 0 Å². The first-order valence-corrected chi connectivity index (χ1v) is 17.4. The summed E-state index contributed by atoms with van der Waals surface area (Å²) in [5.41, 5.74) is 19.2. The summed E-state index contributed by atoms with van der Waals surface area (Å²) < 4.78 is 0. The van der Waals surface area contributed by atoms with E-state index in [2.05, 4.69) is 196 Å². The number of anilines is 3. The lowest BCUT2D eigenvalue weighted by atomic mass is 9.82. The Morgan fingerprint density at radius 2 is 0.837 bits per heavy atom. The zero-order valence-corrected chi connectivity index (χ0v) is 28.5. The molecule has 7 aromatic rings. The molecule has 7 aromatic carbocycles. The molecule has 236 valence electrons. The Kier molecular flexibility index (Phi) is 6.58. The van der Waals surface area contributed by atoms with Crippen LogP contribution in [0.15, 0.2) is 164 Å². The van der Waals surface area contributed by atoms with Crippen molar-refractivity contribution in [1.29, 1.82) is 0 Å². The molecule has 9 rings (SSSR count). The Hall–Kier alpha value is -5.66. The van der Waals surface area contributed by atoms with Crippen molar-refractivity contribution in [2.75, 3.05) is 4.90 Å². The van der Waals surface area contributed by atoms with Crippen molar-refractivity contribution in [3.05, 3.63) is 186 Å². The number of rotatable bonds is 5. The molecular formula is C48H39N. The van der Waals surface area contributed by atoms with Crippen molar-refractivity contribution in [3.8, 4) is 44.5 Å². The van der Waals surface area contributed by atoms with Gasteiger partial charge in [0, 0.05) is 27.9 Å². The van der Waals surface area contributed by atoms with Gasteiger partial charge in [0.15, 0.2) is 0 Å². The number of benzene rings is 7. The van der Waals surface area contributed by atoms with E-state index in [0.717, 1.165) is 17.1 Å². The Labute approximate surface area is 290 Å². The summed E-state index contributed by atoms with van der Waals surface area (Å²) in [5, 5.41) is 0. The molecule has 49 heavy (non-hydrogen) atoms. The molecular weight excluding hydrogens is 591 g/mol. The van der Waals surface area contributed by atoms with E-state index in [4.69, 9.17) is 0 Å². The van der Waals surface area contributed by atoms with Gasteiger partial charge in [-0.2, -0.15) is 0 Å². The smallest absolute Gasteiger partial charge is 0.0468 e. The van der Waals surface area contributed by atoms with E-state index in [1.165, 1.54) is 66.8 Å². The van der Waals surface area contributed by atoms with Gasteiger partial charge in [-0.1, -0.05) is 155 Å². The molecule has 0 saturated heterocycles. The largest absolute Gasteiger partial charge is 0.310 e. The van der Waals surface area contributed by atoms with Crippen molar-refractivity contribution in [1.82, 2.24) is 0 Å². The quantitative estimate of drug-likeness (QED) is 0.183. The molecule has 1 heteroatoms. The van der Waals surface area contributed by atoms with E-state index in [0.29, 0.717) is 0 Å². The minimum Gasteiger partial charge on any atom is -0.310 e. The fraction of sp³-hybridized carbons (Fsp3) is 0.125. The molecule has 0 spiro atoms. The van der Waals surface area contributed by atoms with E-state index in [9.17, 15) is 0 Å². The summed E-state index contributed by atoms with van der Waals surface area (Å²) in [5.74, 6) is 0. The molecule has 1 nitrogen and oxygen atoms in total. The number of hydrogen-bond acceptors (Lipinski definition) is 1. The van der Waals surface area contributed by atoms with Crippen molar-refractivity contribution < 1.29 is 0 Å². The number of hydrogen-bond donors (Lipinski definition) is 0. The van der Waals surface area contributed by atoms with Gasteiger partial charge in [0.25, 0.3) is 0 Å². The third-order valence-corrected chi connectivity index (χ3v) is 11.1. The lowest BCUT2D eigenvalue weighted by Gasteiger charge is -2.28. The van der Waals surface area contributed by atoms with Gasteiger partial charge < -0.3 is 4.90 Å². The van der Waals surface area contributed by atoms with Crippen LogP contribution in [0.5, 0.6) is 0 Å². The van der Waals surface area contributed by atoms with Gasteiger partial charge in [-0.05, 0) is 103 Å². The highest BCUT2D eigenvalue weighted by Gasteiger charge is 2.37. The van der Waals surface area contributed by atoms with Crippen molar-refractivity contribution in [2.24, 2.45) is 0 Å². The van der Waals surface area contributed by atoms with Crippen LogP contribution in [-0.2, 0) is 10.8 Å². The van der Waals surface area contributed by atoms with Crippen LogP contribution in [0.1, 0.15) is 49.9 Å². The zero-order valence-electron chi connectivity index (χ0n) is 28.5. The van der Waals surface area contributed by atoms with Crippen LogP contribution in [0, 0.1) is 0 Å². The third-order valence-electron chi connectivity index (χ3n) is 11.1. The van der Waals surface area contributed by atoms with E-state index in [1.807, 2.05) is 0 Å². The van der Waals surface area contributed by atoms with Gasteiger partial charge >= 0.3 is 0 Å². The van der Waals surface area contributed by atoms with Gasteiger partial charge in [0.1, 0.15) is 0 Å². The standard InChI is InChI=1S/C48H39N/c1-47(2)42-21-10-8-18-39(42)41-31-37(28-29-44(41)47)49(35-26-24-33(25-27-35)32-14-6-5-7-15-32)36-17-12-16-34(30-36)38-20-13-23-45-46(38)40-19-9-11-22-43(40)48(45,3)4/h5-31H,1-4H3. The van der Waals surface area contributed by atoms with Crippen LogP contribution >= 0.6 is 0 Å². The van der Waals surface area contributed by atoms with E-state index >= 15 is 0 Å². The maximum absolute atomic E-state index is 2.42. The summed E-state index contributed by atoms with van der Waals surface area (Å²) >= 11 is 0. The van der Waals surface area contributed by atoms with Crippen LogP contribution in [0.3, 0.4) is 0 Å². The lowest BCUT2D eigenvalue weighted by Crippen LogP contribution is -2.15. The molecule has 0 aliphatic heterocycles.